The lowest BCUT2D eigenvalue weighted by molar-refractivity contribution is 0.669. The molecule has 11 rings (SSSR count). The highest BCUT2D eigenvalue weighted by atomic mass is 16.3. The number of rotatable bonds is 5. The second-order valence-electron chi connectivity index (χ2n) is 14.6. The van der Waals surface area contributed by atoms with Gasteiger partial charge in [-0.25, -0.2) is 0 Å². The summed E-state index contributed by atoms with van der Waals surface area (Å²) in [6.45, 7) is 4.46. The van der Waals surface area contributed by atoms with Gasteiger partial charge < -0.3 is 19.1 Å². The number of para-hydroxylation sites is 5. The van der Waals surface area contributed by atoms with Crippen molar-refractivity contribution in [2.24, 2.45) is 0 Å². The molecule has 4 nitrogen and oxygen atoms in total. The maximum atomic E-state index is 7.20. The van der Waals surface area contributed by atoms with E-state index in [1.807, 2.05) is 0 Å². The minimum atomic E-state index is 0.0118. The van der Waals surface area contributed by atoms with Gasteiger partial charge in [0.15, 0.2) is 5.58 Å². The minimum absolute atomic E-state index is 0.0118. The Labute approximate surface area is 321 Å². The number of fused-ring (bicyclic) bond motifs is 8. The lowest BCUT2D eigenvalue weighted by atomic mass is 9.33. The van der Waals surface area contributed by atoms with Crippen molar-refractivity contribution in [2.45, 2.75) is 13.8 Å². The summed E-state index contributed by atoms with van der Waals surface area (Å²) in [6, 6.07) is 65.5. The van der Waals surface area contributed by atoms with Gasteiger partial charge in [0.25, 0.3) is 6.71 Å². The zero-order valence-corrected chi connectivity index (χ0v) is 30.6. The number of nitrogens with zero attached hydrogens (tertiary/aromatic N) is 3. The molecular weight excluding hydrogens is 669 g/mol. The summed E-state index contributed by atoms with van der Waals surface area (Å²) in [6.07, 6.45) is 0. The zero-order valence-electron chi connectivity index (χ0n) is 30.6. The van der Waals surface area contributed by atoms with Crippen molar-refractivity contribution in [3.8, 4) is 0 Å². The molecule has 0 bridgehead atoms. The molecule has 9 aromatic rings. The Morgan fingerprint density at radius 2 is 1.04 bits per heavy atom. The van der Waals surface area contributed by atoms with Gasteiger partial charge in [-0.2, -0.15) is 0 Å². The van der Waals surface area contributed by atoms with E-state index < -0.39 is 0 Å². The lowest BCUT2D eigenvalue weighted by Gasteiger charge is -2.44. The lowest BCUT2D eigenvalue weighted by Crippen LogP contribution is -2.61. The first kappa shape index (κ1) is 31.5. The van der Waals surface area contributed by atoms with Crippen LogP contribution in [-0.4, -0.2) is 6.71 Å². The van der Waals surface area contributed by atoms with E-state index in [0.717, 1.165) is 50.4 Å². The second-order valence-corrected chi connectivity index (χ2v) is 14.6. The van der Waals surface area contributed by atoms with Gasteiger partial charge in [0.2, 0.25) is 0 Å². The van der Waals surface area contributed by atoms with E-state index >= 15 is 0 Å². The van der Waals surface area contributed by atoms with Crippen LogP contribution in [0.3, 0.4) is 0 Å². The van der Waals surface area contributed by atoms with Crippen LogP contribution in [0, 0.1) is 13.8 Å². The van der Waals surface area contributed by atoms with Crippen molar-refractivity contribution in [2.75, 3.05) is 14.7 Å². The Hall–Kier alpha value is -6.98. The molecule has 260 valence electrons. The van der Waals surface area contributed by atoms with Crippen LogP contribution in [0.5, 0.6) is 0 Å². The van der Waals surface area contributed by atoms with E-state index in [1.54, 1.807) is 0 Å². The van der Waals surface area contributed by atoms with Gasteiger partial charge in [0, 0.05) is 56.7 Å². The molecule has 0 N–H and O–H groups in total. The Balaban J connectivity index is 1.19. The number of anilines is 9. The van der Waals surface area contributed by atoms with Crippen molar-refractivity contribution in [3.63, 3.8) is 0 Å². The fourth-order valence-electron chi connectivity index (χ4n) is 9.17. The molecule has 2 aliphatic rings. The van der Waals surface area contributed by atoms with Crippen LogP contribution >= 0.6 is 0 Å². The van der Waals surface area contributed by atoms with E-state index in [2.05, 4.69) is 211 Å². The third-order valence-electron chi connectivity index (χ3n) is 11.4. The van der Waals surface area contributed by atoms with Crippen LogP contribution in [0.1, 0.15) is 11.1 Å². The molecule has 0 fully saturated rings. The standard InChI is InChI=1S/C50H36BN3O/c1-33-16-14-17-34(2)48(33)54-45-27-15-26-44-47(45)51(41-24-12-13-25-43(41)53(44)37-22-10-5-11-23-37)42-31-30-40-39-29-28-38(32-46(39)55-50(40)49(42)54)52(35-18-6-3-7-19-35)36-20-8-4-9-21-36/h3-32H,1-2H3. The largest absolute Gasteiger partial charge is 0.454 e. The van der Waals surface area contributed by atoms with Crippen molar-refractivity contribution in [1.82, 2.24) is 0 Å². The van der Waals surface area contributed by atoms with Gasteiger partial charge in [0.1, 0.15) is 5.58 Å². The highest BCUT2D eigenvalue weighted by Gasteiger charge is 2.44. The van der Waals surface area contributed by atoms with Crippen LogP contribution in [0.2, 0.25) is 0 Å². The average molecular weight is 706 g/mol. The molecule has 55 heavy (non-hydrogen) atoms. The van der Waals surface area contributed by atoms with Gasteiger partial charge in [-0.15, -0.1) is 0 Å². The summed E-state index contributed by atoms with van der Waals surface area (Å²) in [7, 11) is 0. The monoisotopic (exact) mass is 705 g/mol. The predicted molar refractivity (Wildman–Crippen MR) is 232 cm³/mol. The molecule has 5 heteroatoms. The molecule has 1 aromatic heterocycles. The maximum Gasteiger partial charge on any atom is 0.252 e. The van der Waals surface area contributed by atoms with Gasteiger partial charge in [0.05, 0.1) is 11.4 Å². The minimum Gasteiger partial charge on any atom is -0.454 e. The molecule has 0 amide bonds. The Morgan fingerprint density at radius 1 is 0.455 bits per heavy atom. The molecule has 0 atom stereocenters. The summed E-state index contributed by atoms with van der Waals surface area (Å²) in [5.41, 5.74) is 18.3. The van der Waals surface area contributed by atoms with Gasteiger partial charge in [-0.3, -0.25) is 0 Å². The molecule has 3 heterocycles. The number of furan rings is 1. The third kappa shape index (κ3) is 4.73. The molecule has 8 aromatic carbocycles. The van der Waals surface area contributed by atoms with E-state index in [0.29, 0.717) is 0 Å². The van der Waals surface area contributed by atoms with Crippen molar-refractivity contribution in [1.29, 1.82) is 0 Å². The first-order chi connectivity index (χ1) is 27.2. The summed E-state index contributed by atoms with van der Waals surface area (Å²) < 4.78 is 7.20. The van der Waals surface area contributed by atoms with E-state index in [-0.39, 0.29) is 6.71 Å². The molecule has 0 aliphatic carbocycles. The van der Waals surface area contributed by atoms with E-state index in [1.165, 1.54) is 50.3 Å². The molecule has 0 saturated carbocycles. The Bertz CT molecular complexity index is 2860. The van der Waals surface area contributed by atoms with Gasteiger partial charge >= 0.3 is 0 Å². The van der Waals surface area contributed by atoms with Gasteiger partial charge in [-0.05, 0) is 108 Å². The summed E-state index contributed by atoms with van der Waals surface area (Å²) in [5, 5.41) is 2.21. The molecule has 0 radical (unpaired) electrons. The van der Waals surface area contributed by atoms with Crippen molar-refractivity contribution < 1.29 is 4.42 Å². The highest BCUT2D eigenvalue weighted by Crippen LogP contribution is 2.49. The van der Waals surface area contributed by atoms with Crippen LogP contribution < -0.4 is 31.1 Å². The highest BCUT2D eigenvalue weighted by molar-refractivity contribution is 7.00. The Morgan fingerprint density at radius 3 is 1.75 bits per heavy atom. The number of hydrogen-bond acceptors (Lipinski definition) is 4. The topological polar surface area (TPSA) is 22.9 Å². The molecule has 0 saturated heterocycles. The normalized spacial score (nSPS) is 12.8. The number of benzene rings is 8. The van der Waals surface area contributed by atoms with E-state index in [9.17, 15) is 0 Å². The van der Waals surface area contributed by atoms with Gasteiger partial charge in [-0.1, -0.05) is 109 Å². The molecule has 2 aliphatic heterocycles. The molecular formula is C50H36BN3O. The molecule has 0 unspecified atom stereocenters. The fourth-order valence-corrected chi connectivity index (χ4v) is 9.17. The quantitative estimate of drug-likeness (QED) is 0.166. The number of aryl methyl sites for hydroxylation is 2. The van der Waals surface area contributed by atoms with Crippen LogP contribution in [-0.2, 0) is 0 Å². The second kappa shape index (κ2) is 12.3. The fraction of sp³-hybridized carbons (Fsp3) is 0.0400. The summed E-state index contributed by atoms with van der Waals surface area (Å²) in [5.74, 6) is 0. The van der Waals surface area contributed by atoms with Crippen LogP contribution in [0.15, 0.2) is 186 Å². The predicted octanol–water partition coefficient (Wildman–Crippen LogP) is 11.8. The Kier molecular flexibility index (Phi) is 7.05. The van der Waals surface area contributed by atoms with Crippen LogP contribution in [0.4, 0.5) is 51.2 Å². The first-order valence-corrected chi connectivity index (χ1v) is 19.0. The average Bonchev–Trinajstić information content (AvgIpc) is 3.61. The van der Waals surface area contributed by atoms with Crippen molar-refractivity contribution >= 4 is 96.2 Å². The number of hydrogen-bond donors (Lipinski definition) is 0. The summed E-state index contributed by atoms with van der Waals surface area (Å²) in [4.78, 5) is 7.23. The van der Waals surface area contributed by atoms with E-state index in [4.69, 9.17) is 4.42 Å². The SMILES string of the molecule is Cc1cccc(C)c1N1c2cccc3c2B(c2ccccc2N3c2ccccc2)c2ccc3c(oc4cc(N(c5ccccc5)c5ccccc5)ccc43)c21. The summed E-state index contributed by atoms with van der Waals surface area (Å²) >= 11 is 0. The maximum absolute atomic E-state index is 7.20. The van der Waals surface area contributed by atoms with Crippen LogP contribution in [0.25, 0.3) is 21.9 Å². The smallest absolute Gasteiger partial charge is 0.252 e. The third-order valence-corrected chi connectivity index (χ3v) is 11.4. The molecule has 0 spiro atoms. The zero-order chi connectivity index (χ0) is 36.6. The van der Waals surface area contributed by atoms with Crippen molar-refractivity contribution in [3.05, 3.63) is 193 Å². The first-order valence-electron chi connectivity index (χ1n) is 19.0.